The van der Waals surface area contributed by atoms with Gasteiger partial charge in [-0.2, -0.15) is 5.10 Å². The quantitative estimate of drug-likeness (QED) is 0.341. The van der Waals surface area contributed by atoms with Crippen LogP contribution in [0.5, 0.6) is 0 Å². The average Bonchev–Trinajstić information content (AvgIpc) is 3.49. The van der Waals surface area contributed by atoms with Gasteiger partial charge in [-0.15, -0.1) is 0 Å². The fourth-order valence-corrected chi connectivity index (χ4v) is 7.31. The third kappa shape index (κ3) is 4.67. The first-order valence-corrected chi connectivity index (χ1v) is 16.2. The second-order valence-electron chi connectivity index (χ2n) is 11.6. The lowest BCUT2D eigenvalue weighted by atomic mass is 9.93. The molecule has 41 heavy (non-hydrogen) atoms. The molecule has 2 atom stereocenters. The molecular formula is C31H32FN5O3S. The van der Waals surface area contributed by atoms with Crippen molar-refractivity contribution in [2.45, 2.75) is 49.8 Å². The van der Waals surface area contributed by atoms with Gasteiger partial charge in [-0.05, 0) is 68.0 Å². The van der Waals surface area contributed by atoms with Crippen LogP contribution in [0.15, 0.2) is 54.6 Å². The standard InChI is InChI=1S/C31H32FN5O3S/c1-19-24-6-4-3-5-20(24)11-14-36(19)31(38)28-16-29(21-7-8-21)37-30(33-28)17-27(34-37)25-10-9-22(15-26(25)32)35-13-12-23(18-35)41(2,39)40/h3-6,9-10,15-17,19,21,23H,7-8,11-14,18H2,1-2H3/t19-,23-/m1/s1. The lowest BCUT2D eigenvalue weighted by Gasteiger charge is -2.35. The van der Waals surface area contributed by atoms with E-state index in [1.54, 1.807) is 16.6 Å². The van der Waals surface area contributed by atoms with Crippen LogP contribution in [0.3, 0.4) is 0 Å². The summed E-state index contributed by atoms with van der Waals surface area (Å²) in [6.45, 7) is 3.62. The number of fused-ring (bicyclic) bond motifs is 2. The molecule has 212 valence electrons. The summed E-state index contributed by atoms with van der Waals surface area (Å²) in [5.41, 5.74) is 5.73. The summed E-state index contributed by atoms with van der Waals surface area (Å²) in [7, 11) is -3.14. The molecule has 0 bridgehead atoms. The minimum atomic E-state index is -3.14. The first-order valence-electron chi connectivity index (χ1n) is 14.2. The molecular weight excluding hydrogens is 541 g/mol. The third-order valence-electron chi connectivity index (χ3n) is 8.87. The molecule has 3 aliphatic rings. The Balaban J connectivity index is 1.20. The van der Waals surface area contributed by atoms with Crippen molar-refractivity contribution < 1.29 is 17.6 Å². The van der Waals surface area contributed by atoms with Gasteiger partial charge in [-0.3, -0.25) is 4.79 Å². The number of halogens is 1. The van der Waals surface area contributed by atoms with Crippen molar-refractivity contribution in [3.8, 4) is 11.3 Å². The molecule has 10 heteroatoms. The molecule has 7 rings (SSSR count). The van der Waals surface area contributed by atoms with Gasteiger partial charge in [0, 0.05) is 54.8 Å². The zero-order chi connectivity index (χ0) is 28.5. The molecule has 2 aromatic carbocycles. The van der Waals surface area contributed by atoms with E-state index in [0.717, 1.165) is 25.0 Å². The topological polar surface area (TPSA) is 87.9 Å². The Kier molecular flexibility index (Phi) is 6.15. The highest BCUT2D eigenvalue weighted by Crippen LogP contribution is 2.41. The first-order chi connectivity index (χ1) is 19.7. The summed E-state index contributed by atoms with van der Waals surface area (Å²) in [6, 6.07) is 16.8. The molecule has 4 aromatic rings. The summed E-state index contributed by atoms with van der Waals surface area (Å²) < 4.78 is 41.1. The maximum atomic E-state index is 15.5. The number of hydrogen-bond donors (Lipinski definition) is 0. The molecule has 2 aromatic heterocycles. The first kappa shape index (κ1) is 26.1. The number of sulfone groups is 1. The predicted molar refractivity (Wildman–Crippen MR) is 155 cm³/mol. The maximum Gasteiger partial charge on any atom is 0.273 e. The highest BCUT2D eigenvalue weighted by Gasteiger charge is 2.33. The molecule has 2 fully saturated rings. The van der Waals surface area contributed by atoms with Crippen molar-refractivity contribution in [3.05, 3.63) is 82.9 Å². The molecule has 2 aliphatic heterocycles. The van der Waals surface area contributed by atoms with Crippen LogP contribution in [0.25, 0.3) is 16.9 Å². The summed E-state index contributed by atoms with van der Waals surface area (Å²) in [5, 5.41) is 4.30. The average molecular weight is 574 g/mol. The van der Waals surface area contributed by atoms with Crippen molar-refractivity contribution in [1.29, 1.82) is 0 Å². The van der Waals surface area contributed by atoms with E-state index in [1.807, 2.05) is 34.1 Å². The third-order valence-corrected chi connectivity index (χ3v) is 10.5. The second-order valence-corrected chi connectivity index (χ2v) is 13.9. The second kappa shape index (κ2) is 9.65. The number of rotatable bonds is 5. The number of carbonyl (C=O) groups excluding carboxylic acids is 1. The van der Waals surface area contributed by atoms with Crippen LogP contribution in [0.4, 0.5) is 10.1 Å². The Morgan fingerprint density at radius 1 is 1.02 bits per heavy atom. The van der Waals surface area contributed by atoms with Crippen molar-refractivity contribution in [2.24, 2.45) is 0 Å². The summed E-state index contributed by atoms with van der Waals surface area (Å²) in [4.78, 5) is 22.3. The van der Waals surface area contributed by atoms with E-state index in [9.17, 15) is 13.2 Å². The van der Waals surface area contributed by atoms with E-state index >= 15 is 4.39 Å². The number of hydrogen-bond acceptors (Lipinski definition) is 6. The van der Waals surface area contributed by atoms with Crippen LogP contribution in [0.1, 0.15) is 65.5 Å². The van der Waals surface area contributed by atoms with E-state index in [-0.39, 0.29) is 11.9 Å². The highest BCUT2D eigenvalue weighted by molar-refractivity contribution is 7.91. The van der Waals surface area contributed by atoms with Gasteiger partial charge in [0.25, 0.3) is 5.91 Å². The van der Waals surface area contributed by atoms with E-state index in [1.165, 1.54) is 23.4 Å². The van der Waals surface area contributed by atoms with Gasteiger partial charge in [0.15, 0.2) is 15.5 Å². The molecule has 0 N–H and O–H groups in total. The summed E-state index contributed by atoms with van der Waals surface area (Å²) >= 11 is 0. The Bertz CT molecular complexity index is 1800. The van der Waals surface area contributed by atoms with Crippen molar-refractivity contribution in [1.82, 2.24) is 19.5 Å². The molecule has 0 unspecified atom stereocenters. The van der Waals surface area contributed by atoms with Crippen molar-refractivity contribution >= 4 is 27.1 Å². The number of aromatic nitrogens is 3. The Morgan fingerprint density at radius 2 is 1.83 bits per heavy atom. The monoisotopic (exact) mass is 573 g/mol. The van der Waals surface area contributed by atoms with Gasteiger partial charge in [-0.25, -0.2) is 22.3 Å². The number of benzene rings is 2. The lowest BCUT2D eigenvalue weighted by molar-refractivity contribution is 0.0671. The zero-order valence-electron chi connectivity index (χ0n) is 23.1. The Labute approximate surface area is 238 Å². The van der Waals surface area contributed by atoms with Crippen LogP contribution >= 0.6 is 0 Å². The SMILES string of the molecule is C[C@@H]1c2ccccc2CCN1C(=O)c1cc(C2CC2)n2nc(-c3ccc(N4CC[C@@H](S(C)(=O)=O)C4)cc3F)cc2n1. The molecule has 1 saturated carbocycles. The minimum absolute atomic E-state index is 0.0498. The fraction of sp³-hybridized carbons (Fsp3) is 0.387. The number of carbonyl (C=O) groups is 1. The smallest absolute Gasteiger partial charge is 0.273 e. The van der Waals surface area contributed by atoms with E-state index < -0.39 is 20.9 Å². The van der Waals surface area contributed by atoms with Gasteiger partial charge in [0.2, 0.25) is 0 Å². The predicted octanol–water partition coefficient (Wildman–Crippen LogP) is 4.80. The van der Waals surface area contributed by atoms with Gasteiger partial charge in [-0.1, -0.05) is 24.3 Å². The van der Waals surface area contributed by atoms with Gasteiger partial charge in [0.1, 0.15) is 11.5 Å². The van der Waals surface area contributed by atoms with Crippen molar-refractivity contribution in [2.75, 3.05) is 30.8 Å². The number of amides is 1. The van der Waals surface area contributed by atoms with Crippen molar-refractivity contribution in [3.63, 3.8) is 0 Å². The summed E-state index contributed by atoms with van der Waals surface area (Å²) in [6.07, 6.45) is 4.63. The number of anilines is 1. The van der Waals surface area contributed by atoms with Gasteiger partial charge >= 0.3 is 0 Å². The van der Waals surface area contributed by atoms with Crippen LogP contribution < -0.4 is 4.90 Å². The molecule has 0 radical (unpaired) electrons. The molecule has 1 amide bonds. The van der Waals surface area contributed by atoms with Gasteiger partial charge in [0.05, 0.1) is 17.0 Å². The molecule has 0 spiro atoms. The van der Waals surface area contributed by atoms with Crippen LogP contribution in [-0.2, 0) is 16.3 Å². The minimum Gasteiger partial charge on any atom is -0.370 e. The summed E-state index contributed by atoms with van der Waals surface area (Å²) in [5.74, 6) is -0.240. The molecule has 4 heterocycles. The largest absolute Gasteiger partial charge is 0.370 e. The molecule has 1 aliphatic carbocycles. The van der Waals surface area contributed by atoms with E-state index in [0.29, 0.717) is 60.3 Å². The fourth-order valence-electron chi connectivity index (χ4n) is 6.33. The number of nitrogens with zero attached hydrogens (tertiary/aromatic N) is 5. The highest BCUT2D eigenvalue weighted by atomic mass is 32.2. The van der Waals surface area contributed by atoms with Crippen LogP contribution in [0.2, 0.25) is 0 Å². The van der Waals surface area contributed by atoms with Crippen LogP contribution in [-0.4, -0.2) is 65.0 Å². The Morgan fingerprint density at radius 3 is 2.56 bits per heavy atom. The van der Waals surface area contributed by atoms with E-state index in [4.69, 9.17) is 10.1 Å². The lowest BCUT2D eigenvalue weighted by Crippen LogP contribution is -2.39. The van der Waals surface area contributed by atoms with Gasteiger partial charge < -0.3 is 9.80 Å². The molecule has 8 nitrogen and oxygen atoms in total. The maximum absolute atomic E-state index is 15.5. The molecule has 1 saturated heterocycles. The van der Waals surface area contributed by atoms with E-state index in [2.05, 4.69) is 19.1 Å². The zero-order valence-corrected chi connectivity index (χ0v) is 23.9. The normalized spacial score (nSPS) is 21.0. The Hall–Kier alpha value is -3.79. The van der Waals surface area contributed by atoms with Crippen LogP contribution in [0, 0.1) is 5.82 Å².